The summed E-state index contributed by atoms with van der Waals surface area (Å²) in [7, 11) is -3.75. The summed E-state index contributed by atoms with van der Waals surface area (Å²) >= 11 is 6.17. The minimum atomic E-state index is -3.75. The molecular formula is C19H17ClN2O5S. The van der Waals surface area contributed by atoms with Gasteiger partial charge < -0.3 is 5.32 Å². The standard InChI is InChI=1S/C19H17ClN2O5S/c1-11-10-28(26,27)22(19(11)25)15-7-8-16(17(20)9-15)18(24)21-14-5-3-13(4-6-14)12(2)23/h3-9,11H,10H2,1-2H3,(H,21,24)/t11-/m1/s1. The van der Waals surface area contributed by atoms with Gasteiger partial charge in [0.15, 0.2) is 5.78 Å². The fourth-order valence-corrected chi connectivity index (χ4v) is 4.96. The molecule has 1 saturated heterocycles. The molecule has 0 aliphatic carbocycles. The number of nitrogens with zero attached hydrogens (tertiary/aromatic N) is 1. The van der Waals surface area contributed by atoms with Crippen LogP contribution in [-0.4, -0.2) is 31.8 Å². The number of anilines is 2. The Hall–Kier alpha value is -2.71. The molecule has 1 heterocycles. The zero-order chi connectivity index (χ0) is 20.6. The molecule has 1 aliphatic rings. The lowest BCUT2D eigenvalue weighted by molar-refractivity contribution is -0.119. The van der Waals surface area contributed by atoms with Gasteiger partial charge in [-0.3, -0.25) is 14.4 Å². The van der Waals surface area contributed by atoms with Crippen LogP contribution >= 0.6 is 11.6 Å². The SMILES string of the molecule is CC(=O)c1ccc(NC(=O)c2ccc(N3C(=O)[C@H](C)CS3(=O)=O)cc2Cl)cc1. The molecule has 0 radical (unpaired) electrons. The lowest BCUT2D eigenvalue weighted by Gasteiger charge is -2.16. The van der Waals surface area contributed by atoms with Crippen molar-refractivity contribution < 1.29 is 22.8 Å². The molecule has 0 saturated carbocycles. The zero-order valence-corrected chi connectivity index (χ0v) is 16.7. The average Bonchev–Trinajstić information content (AvgIpc) is 2.82. The number of hydrogen-bond donors (Lipinski definition) is 1. The highest BCUT2D eigenvalue weighted by atomic mass is 35.5. The summed E-state index contributed by atoms with van der Waals surface area (Å²) in [6.07, 6.45) is 0. The zero-order valence-electron chi connectivity index (χ0n) is 15.1. The molecule has 1 N–H and O–H groups in total. The third-order valence-corrected chi connectivity index (χ3v) is 6.52. The van der Waals surface area contributed by atoms with Gasteiger partial charge in [-0.1, -0.05) is 18.5 Å². The van der Waals surface area contributed by atoms with Gasteiger partial charge in [-0.2, -0.15) is 0 Å². The quantitative estimate of drug-likeness (QED) is 0.766. The minimum absolute atomic E-state index is 0.0120. The van der Waals surface area contributed by atoms with Crippen LogP contribution in [0.1, 0.15) is 34.6 Å². The number of amides is 2. The fourth-order valence-electron chi connectivity index (χ4n) is 2.89. The highest BCUT2D eigenvalue weighted by molar-refractivity contribution is 7.94. The van der Waals surface area contributed by atoms with Crippen LogP contribution in [0.4, 0.5) is 11.4 Å². The fraction of sp³-hybridized carbons (Fsp3) is 0.211. The second kappa shape index (κ2) is 7.37. The summed E-state index contributed by atoms with van der Waals surface area (Å²) in [4.78, 5) is 35.9. The van der Waals surface area contributed by atoms with Crippen LogP contribution in [0.25, 0.3) is 0 Å². The molecule has 1 atom stereocenters. The van der Waals surface area contributed by atoms with Gasteiger partial charge in [-0.05, 0) is 49.4 Å². The molecule has 3 rings (SSSR count). The summed E-state index contributed by atoms with van der Waals surface area (Å²) in [5, 5.41) is 2.66. The first kappa shape index (κ1) is 20.0. The molecular weight excluding hydrogens is 404 g/mol. The van der Waals surface area contributed by atoms with Crippen molar-refractivity contribution in [3.05, 3.63) is 58.6 Å². The molecule has 0 spiro atoms. The van der Waals surface area contributed by atoms with Gasteiger partial charge in [0.25, 0.3) is 5.91 Å². The Morgan fingerprint density at radius 3 is 2.29 bits per heavy atom. The highest BCUT2D eigenvalue weighted by Gasteiger charge is 2.42. The number of benzene rings is 2. The van der Waals surface area contributed by atoms with Crippen LogP contribution in [-0.2, 0) is 14.8 Å². The van der Waals surface area contributed by atoms with Gasteiger partial charge in [0, 0.05) is 11.3 Å². The normalized spacial score (nSPS) is 18.2. The van der Waals surface area contributed by atoms with E-state index in [-0.39, 0.29) is 27.8 Å². The number of halogens is 1. The van der Waals surface area contributed by atoms with E-state index in [2.05, 4.69) is 5.32 Å². The number of carbonyl (C=O) groups is 3. The second-order valence-electron chi connectivity index (χ2n) is 6.53. The largest absolute Gasteiger partial charge is 0.322 e. The average molecular weight is 421 g/mol. The van der Waals surface area contributed by atoms with Crippen molar-refractivity contribution in [3.63, 3.8) is 0 Å². The molecule has 2 amide bonds. The van der Waals surface area contributed by atoms with E-state index in [0.29, 0.717) is 11.3 Å². The van der Waals surface area contributed by atoms with Crippen LogP contribution in [0.15, 0.2) is 42.5 Å². The summed E-state index contributed by atoms with van der Waals surface area (Å²) in [6.45, 7) is 2.99. The molecule has 146 valence electrons. The van der Waals surface area contributed by atoms with E-state index in [0.717, 1.165) is 4.31 Å². The molecule has 28 heavy (non-hydrogen) atoms. The van der Waals surface area contributed by atoms with Gasteiger partial charge >= 0.3 is 0 Å². The Bertz CT molecular complexity index is 1080. The van der Waals surface area contributed by atoms with Crippen LogP contribution < -0.4 is 9.62 Å². The maximum atomic E-state index is 12.5. The molecule has 1 fully saturated rings. The molecule has 2 aromatic carbocycles. The summed E-state index contributed by atoms with van der Waals surface area (Å²) in [5.41, 5.74) is 1.22. The van der Waals surface area contributed by atoms with Crippen molar-refractivity contribution in [3.8, 4) is 0 Å². The number of Topliss-reactive ketones (excluding diaryl/α,β-unsaturated/α-hetero) is 1. The van der Waals surface area contributed by atoms with Gasteiger partial charge in [-0.25, -0.2) is 12.7 Å². The van der Waals surface area contributed by atoms with Gasteiger partial charge in [-0.15, -0.1) is 0 Å². The maximum absolute atomic E-state index is 12.5. The minimum Gasteiger partial charge on any atom is -0.322 e. The molecule has 1 aliphatic heterocycles. The molecule has 2 aromatic rings. The third-order valence-electron chi connectivity index (χ3n) is 4.34. The van der Waals surface area contributed by atoms with E-state index in [1.54, 1.807) is 31.2 Å². The second-order valence-corrected chi connectivity index (χ2v) is 8.80. The molecule has 0 aromatic heterocycles. The van der Waals surface area contributed by atoms with E-state index in [9.17, 15) is 22.8 Å². The van der Waals surface area contributed by atoms with Gasteiger partial charge in [0.05, 0.1) is 27.9 Å². The van der Waals surface area contributed by atoms with E-state index in [1.807, 2.05) is 0 Å². The van der Waals surface area contributed by atoms with E-state index in [1.165, 1.54) is 25.1 Å². The maximum Gasteiger partial charge on any atom is 0.257 e. The summed E-state index contributed by atoms with van der Waals surface area (Å²) in [5.74, 6) is -2.01. The van der Waals surface area contributed by atoms with Crippen molar-refractivity contribution in [2.45, 2.75) is 13.8 Å². The van der Waals surface area contributed by atoms with Gasteiger partial charge in [0.1, 0.15) is 0 Å². The number of nitrogens with one attached hydrogen (secondary N) is 1. The van der Waals surface area contributed by atoms with Crippen molar-refractivity contribution in [2.24, 2.45) is 5.92 Å². The smallest absolute Gasteiger partial charge is 0.257 e. The topological polar surface area (TPSA) is 101 Å². The van der Waals surface area contributed by atoms with E-state index < -0.39 is 27.8 Å². The Labute approximate surface area is 167 Å². The molecule has 7 nitrogen and oxygen atoms in total. The van der Waals surface area contributed by atoms with Gasteiger partial charge in [0.2, 0.25) is 15.9 Å². The third kappa shape index (κ3) is 3.79. The van der Waals surface area contributed by atoms with Crippen molar-refractivity contribution in [2.75, 3.05) is 15.4 Å². The number of ketones is 1. The van der Waals surface area contributed by atoms with E-state index >= 15 is 0 Å². The predicted molar refractivity (Wildman–Crippen MR) is 106 cm³/mol. The predicted octanol–water partition coefficient (Wildman–Crippen LogP) is 3.11. The van der Waals surface area contributed by atoms with Crippen LogP contribution in [0.5, 0.6) is 0 Å². The van der Waals surface area contributed by atoms with Crippen molar-refractivity contribution in [1.82, 2.24) is 0 Å². The lowest BCUT2D eigenvalue weighted by atomic mass is 10.1. The van der Waals surface area contributed by atoms with Crippen LogP contribution in [0.3, 0.4) is 0 Å². The first-order valence-electron chi connectivity index (χ1n) is 8.39. The molecule has 0 bridgehead atoms. The highest BCUT2D eigenvalue weighted by Crippen LogP contribution is 2.31. The number of carbonyl (C=O) groups excluding carboxylic acids is 3. The summed E-state index contributed by atoms with van der Waals surface area (Å²) in [6, 6.07) is 10.4. The number of rotatable bonds is 4. The Balaban J connectivity index is 1.83. The molecule has 0 unspecified atom stereocenters. The Morgan fingerprint density at radius 1 is 1.14 bits per heavy atom. The lowest BCUT2D eigenvalue weighted by Crippen LogP contribution is -2.30. The first-order chi connectivity index (χ1) is 13.1. The molecule has 9 heteroatoms. The van der Waals surface area contributed by atoms with Crippen LogP contribution in [0.2, 0.25) is 5.02 Å². The van der Waals surface area contributed by atoms with E-state index in [4.69, 9.17) is 11.6 Å². The monoisotopic (exact) mass is 420 g/mol. The first-order valence-corrected chi connectivity index (χ1v) is 10.4. The Morgan fingerprint density at radius 2 is 1.79 bits per heavy atom. The number of sulfonamides is 1. The van der Waals surface area contributed by atoms with Crippen LogP contribution in [0, 0.1) is 5.92 Å². The number of hydrogen-bond acceptors (Lipinski definition) is 5. The Kier molecular flexibility index (Phi) is 5.27. The summed E-state index contributed by atoms with van der Waals surface area (Å²) < 4.78 is 25.1. The van der Waals surface area contributed by atoms with Crippen molar-refractivity contribution >= 4 is 50.6 Å². The van der Waals surface area contributed by atoms with Crippen molar-refractivity contribution in [1.29, 1.82) is 0 Å².